The summed E-state index contributed by atoms with van der Waals surface area (Å²) in [6.45, 7) is 0. The van der Waals surface area contributed by atoms with Crippen molar-refractivity contribution in [2.45, 2.75) is 49.5 Å². The minimum Gasteiger partial charge on any atom is -0.481 e. The van der Waals surface area contributed by atoms with E-state index in [0.717, 1.165) is 42.9 Å². The first-order valence-corrected chi connectivity index (χ1v) is 11.9. The van der Waals surface area contributed by atoms with Crippen molar-refractivity contribution in [2.24, 2.45) is 0 Å². The summed E-state index contributed by atoms with van der Waals surface area (Å²) < 4.78 is 0. The van der Waals surface area contributed by atoms with Gasteiger partial charge in [-0.05, 0) is 42.6 Å². The molecule has 0 spiro atoms. The Bertz CT molecular complexity index is 635. The number of carboxylic acids is 1. The molecule has 27 heavy (non-hydrogen) atoms. The molecular weight excluding hydrogens is 372 g/mol. The number of thioether (sulfide) groups is 2. The van der Waals surface area contributed by atoms with Crippen molar-refractivity contribution < 1.29 is 9.90 Å². The van der Waals surface area contributed by atoms with Crippen LogP contribution in [0.3, 0.4) is 0 Å². The molecule has 0 aromatic heterocycles. The molecular formula is C23H30O2S2. The Kier molecular flexibility index (Phi) is 11.1. The monoisotopic (exact) mass is 402 g/mol. The molecule has 1 aliphatic rings. The van der Waals surface area contributed by atoms with E-state index in [-0.39, 0.29) is 0 Å². The second-order valence-electron chi connectivity index (χ2n) is 6.71. The van der Waals surface area contributed by atoms with E-state index in [0.29, 0.717) is 11.7 Å². The number of carbonyl (C=O) groups is 1. The van der Waals surface area contributed by atoms with Crippen molar-refractivity contribution in [2.75, 3.05) is 11.5 Å². The van der Waals surface area contributed by atoms with Gasteiger partial charge in [-0.1, -0.05) is 67.1 Å². The Morgan fingerprint density at radius 3 is 2.74 bits per heavy atom. The van der Waals surface area contributed by atoms with E-state index in [1.807, 2.05) is 23.5 Å². The third-order valence-electron chi connectivity index (χ3n) is 4.40. The maximum Gasteiger partial charge on any atom is 0.303 e. The fourth-order valence-electron chi connectivity index (χ4n) is 2.87. The number of rotatable bonds is 13. The van der Waals surface area contributed by atoms with Crippen molar-refractivity contribution in [3.05, 3.63) is 71.8 Å². The largest absolute Gasteiger partial charge is 0.481 e. The Hall–Kier alpha value is -1.39. The van der Waals surface area contributed by atoms with Gasteiger partial charge in [0, 0.05) is 23.2 Å². The molecule has 1 unspecified atom stereocenters. The summed E-state index contributed by atoms with van der Waals surface area (Å²) in [4.78, 5) is 10.7. The average Bonchev–Trinajstić information content (AvgIpc) is 2.95. The van der Waals surface area contributed by atoms with Crippen LogP contribution in [0.5, 0.6) is 0 Å². The lowest BCUT2D eigenvalue weighted by atomic mass is 10.1. The molecule has 1 N–H and O–H groups in total. The maximum absolute atomic E-state index is 10.7. The zero-order chi connectivity index (χ0) is 19.2. The molecule has 4 heteroatoms. The first-order valence-electron chi connectivity index (χ1n) is 9.71. The zero-order valence-corrected chi connectivity index (χ0v) is 17.5. The van der Waals surface area contributed by atoms with Gasteiger partial charge in [-0.25, -0.2) is 0 Å². The van der Waals surface area contributed by atoms with Gasteiger partial charge in [-0.3, -0.25) is 4.79 Å². The lowest BCUT2D eigenvalue weighted by Crippen LogP contribution is -2.07. The lowest BCUT2D eigenvalue weighted by molar-refractivity contribution is -0.137. The molecule has 1 aromatic carbocycles. The van der Waals surface area contributed by atoms with E-state index in [4.69, 9.17) is 5.11 Å². The van der Waals surface area contributed by atoms with Gasteiger partial charge in [-0.2, -0.15) is 23.5 Å². The van der Waals surface area contributed by atoms with Gasteiger partial charge in [0.1, 0.15) is 0 Å². The zero-order valence-electron chi connectivity index (χ0n) is 15.9. The van der Waals surface area contributed by atoms with Crippen LogP contribution < -0.4 is 0 Å². The summed E-state index contributed by atoms with van der Waals surface area (Å²) in [6, 6.07) is 10.6. The fraction of sp³-hybridized carbons (Fsp3) is 0.435. The number of aliphatic carboxylic acids is 1. The minimum absolute atomic E-state index is 0.291. The second-order valence-corrected chi connectivity index (χ2v) is 9.10. The number of hydrogen-bond donors (Lipinski definition) is 1. The predicted octanol–water partition coefficient (Wildman–Crippen LogP) is 6.50. The summed E-state index contributed by atoms with van der Waals surface area (Å²) in [5.41, 5.74) is 2.76. The molecule has 2 nitrogen and oxygen atoms in total. The highest BCUT2D eigenvalue weighted by atomic mass is 32.2. The molecule has 0 radical (unpaired) electrons. The topological polar surface area (TPSA) is 37.3 Å². The molecule has 1 aromatic rings. The van der Waals surface area contributed by atoms with Gasteiger partial charge in [0.05, 0.1) is 0 Å². The van der Waals surface area contributed by atoms with Crippen LogP contribution in [0.1, 0.15) is 44.1 Å². The number of carboxylic acid groups (broad SMARTS) is 1. The van der Waals surface area contributed by atoms with Crippen LogP contribution in [0.25, 0.3) is 0 Å². The molecule has 2 rings (SSSR count). The molecule has 1 aliphatic carbocycles. The van der Waals surface area contributed by atoms with E-state index in [9.17, 15) is 4.79 Å². The Morgan fingerprint density at radius 2 is 1.93 bits per heavy atom. The van der Waals surface area contributed by atoms with Crippen molar-refractivity contribution in [3.63, 3.8) is 0 Å². The first-order chi connectivity index (χ1) is 13.2. The summed E-state index contributed by atoms with van der Waals surface area (Å²) in [5, 5.41) is 9.43. The van der Waals surface area contributed by atoms with Gasteiger partial charge in [0.2, 0.25) is 0 Å². The molecule has 1 atom stereocenters. The first kappa shape index (κ1) is 21.9. The Balaban J connectivity index is 1.74. The normalized spacial score (nSPS) is 14.6. The van der Waals surface area contributed by atoms with E-state index < -0.39 is 5.97 Å². The number of hydrogen-bond acceptors (Lipinski definition) is 3. The van der Waals surface area contributed by atoms with Crippen LogP contribution in [0.15, 0.2) is 66.3 Å². The van der Waals surface area contributed by atoms with Crippen LogP contribution in [-0.4, -0.2) is 27.8 Å². The van der Waals surface area contributed by atoms with Crippen molar-refractivity contribution >= 4 is 29.5 Å². The summed E-state index contributed by atoms with van der Waals surface area (Å²) in [7, 11) is 0. The minimum atomic E-state index is -0.682. The SMILES string of the molecule is O=C(O)CCCCC(CCSCc1ccccc1)SCC1=CC=CCC=C1. The number of benzene rings is 1. The van der Waals surface area contributed by atoms with Gasteiger partial charge in [0.15, 0.2) is 0 Å². The number of unbranched alkanes of at least 4 members (excludes halogenated alkanes) is 1. The molecule has 0 aliphatic heterocycles. The van der Waals surface area contributed by atoms with Crippen molar-refractivity contribution in [3.8, 4) is 0 Å². The summed E-state index contributed by atoms with van der Waals surface area (Å²) in [5.74, 6) is 2.57. The molecule has 0 amide bonds. The Morgan fingerprint density at radius 1 is 1.07 bits per heavy atom. The quantitative estimate of drug-likeness (QED) is 0.382. The van der Waals surface area contributed by atoms with Crippen LogP contribution in [0.2, 0.25) is 0 Å². The van der Waals surface area contributed by atoms with Crippen LogP contribution >= 0.6 is 23.5 Å². The highest BCUT2D eigenvalue weighted by Gasteiger charge is 2.11. The van der Waals surface area contributed by atoms with Gasteiger partial charge in [-0.15, -0.1) is 0 Å². The van der Waals surface area contributed by atoms with Crippen molar-refractivity contribution in [1.29, 1.82) is 0 Å². The number of allylic oxidation sites excluding steroid dienone is 5. The highest BCUT2D eigenvalue weighted by molar-refractivity contribution is 8.00. The highest BCUT2D eigenvalue weighted by Crippen LogP contribution is 2.26. The molecule has 0 fully saturated rings. The fourth-order valence-corrected chi connectivity index (χ4v) is 5.28. The summed E-state index contributed by atoms with van der Waals surface area (Å²) in [6.07, 6.45) is 16.4. The van der Waals surface area contributed by atoms with Crippen molar-refractivity contribution in [1.82, 2.24) is 0 Å². The predicted molar refractivity (Wildman–Crippen MR) is 121 cm³/mol. The van der Waals surface area contributed by atoms with Gasteiger partial charge < -0.3 is 5.11 Å². The third-order valence-corrected chi connectivity index (χ3v) is 6.90. The van der Waals surface area contributed by atoms with Gasteiger partial charge in [0.25, 0.3) is 0 Å². The molecule has 0 saturated heterocycles. The molecule has 0 heterocycles. The average molecular weight is 403 g/mol. The van der Waals surface area contributed by atoms with E-state index in [2.05, 4.69) is 60.7 Å². The lowest BCUT2D eigenvalue weighted by Gasteiger charge is -2.17. The molecule has 0 saturated carbocycles. The van der Waals surface area contributed by atoms with E-state index in [1.54, 1.807) is 0 Å². The van der Waals surface area contributed by atoms with Crippen LogP contribution in [0, 0.1) is 0 Å². The smallest absolute Gasteiger partial charge is 0.303 e. The van der Waals surface area contributed by atoms with Crippen LogP contribution in [-0.2, 0) is 10.5 Å². The summed E-state index contributed by atoms with van der Waals surface area (Å²) >= 11 is 4.02. The van der Waals surface area contributed by atoms with Crippen LogP contribution in [0.4, 0.5) is 0 Å². The molecule has 0 bridgehead atoms. The van der Waals surface area contributed by atoms with E-state index in [1.165, 1.54) is 17.6 Å². The third kappa shape index (κ3) is 10.5. The standard InChI is InChI=1S/C23H30O2S2/c24-23(25)15-9-8-14-22(27-19-21-12-4-1-2-5-13-21)16-17-26-18-20-10-6-3-7-11-20/h1,3-7,10-13,22H,2,8-9,14-19H2,(H,24,25). The second kappa shape index (κ2) is 13.7. The van der Waals surface area contributed by atoms with Gasteiger partial charge >= 0.3 is 5.97 Å². The Labute approximate surface area is 172 Å². The maximum atomic E-state index is 10.7. The molecule has 146 valence electrons. The van der Waals surface area contributed by atoms with E-state index >= 15 is 0 Å².